The summed E-state index contributed by atoms with van der Waals surface area (Å²) in [5.74, 6) is 0. The molecule has 2 nitrogen and oxygen atoms in total. The second-order valence-electron chi connectivity index (χ2n) is 1.96. The lowest BCUT2D eigenvalue weighted by Crippen LogP contribution is -1.79. The molecule has 1 radical (unpaired) electrons. The zero-order valence-electron chi connectivity index (χ0n) is 5.28. The van der Waals surface area contributed by atoms with E-state index < -0.39 is 0 Å². The molecule has 0 aromatic carbocycles. The van der Waals surface area contributed by atoms with Gasteiger partial charge in [0.15, 0.2) is 5.65 Å². The third-order valence-corrected chi connectivity index (χ3v) is 1.30. The first-order chi connectivity index (χ1) is 4.97. The second-order valence-corrected chi connectivity index (χ2v) is 1.96. The lowest BCUT2D eigenvalue weighted by Gasteiger charge is -1.89. The highest BCUT2D eigenvalue weighted by molar-refractivity contribution is 5.72. The van der Waals surface area contributed by atoms with Crippen molar-refractivity contribution in [2.75, 3.05) is 0 Å². The van der Waals surface area contributed by atoms with E-state index in [-0.39, 0.29) is 0 Å². The predicted octanol–water partition coefficient (Wildman–Crippen LogP) is 1.43. The molecule has 0 aliphatic carbocycles. The van der Waals surface area contributed by atoms with Crippen LogP contribution in [-0.2, 0) is 0 Å². The van der Waals surface area contributed by atoms with Crippen LogP contribution >= 0.6 is 0 Å². The molecule has 10 heavy (non-hydrogen) atoms. The van der Waals surface area contributed by atoms with Crippen molar-refractivity contribution in [2.45, 2.75) is 0 Å². The molecule has 2 heterocycles. The van der Waals surface area contributed by atoms with E-state index in [1.807, 2.05) is 12.1 Å². The first kappa shape index (κ1) is 5.35. The highest BCUT2D eigenvalue weighted by Gasteiger charge is 1.88. The van der Waals surface area contributed by atoms with Gasteiger partial charge in [-0.25, -0.2) is 9.97 Å². The van der Waals surface area contributed by atoms with Crippen LogP contribution in [0.2, 0.25) is 0 Å². The van der Waals surface area contributed by atoms with Crippen LogP contribution in [0.1, 0.15) is 0 Å². The summed E-state index contributed by atoms with van der Waals surface area (Å²) in [5.41, 5.74) is 0.755. The van der Waals surface area contributed by atoms with Gasteiger partial charge in [0.05, 0.1) is 0 Å². The highest BCUT2D eigenvalue weighted by atomic mass is 14.8. The van der Waals surface area contributed by atoms with E-state index in [1.54, 1.807) is 18.5 Å². The Morgan fingerprint density at radius 3 is 3.00 bits per heavy atom. The van der Waals surface area contributed by atoms with Crippen molar-refractivity contribution < 1.29 is 0 Å². The number of nitrogens with zero attached hydrogens (tertiary/aromatic N) is 2. The molecule has 47 valence electrons. The van der Waals surface area contributed by atoms with Crippen molar-refractivity contribution in [1.82, 2.24) is 9.97 Å². The van der Waals surface area contributed by atoms with Gasteiger partial charge in [0.1, 0.15) is 0 Å². The minimum absolute atomic E-state index is 0.755. The minimum atomic E-state index is 0.755. The average molecular weight is 129 g/mol. The van der Waals surface area contributed by atoms with E-state index in [2.05, 4.69) is 16.0 Å². The second kappa shape index (κ2) is 2.06. The van der Waals surface area contributed by atoms with Crippen LogP contribution in [0.3, 0.4) is 0 Å². The zero-order valence-corrected chi connectivity index (χ0v) is 5.28. The van der Waals surface area contributed by atoms with Crippen molar-refractivity contribution in [3.63, 3.8) is 0 Å². The number of hydrogen-bond acceptors (Lipinski definition) is 2. The van der Waals surface area contributed by atoms with E-state index >= 15 is 0 Å². The van der Waals surface area contributed by atoms with Gasteiger partial charge in [-0.3, -0.25) is 0 Å². The molecule has 0 saturated carbocycles. The maximum atomic E-state index is 4.04. The van der Waals surface area contributed by atoms with E-state index in [0.717, 1.165) is 11.0 Å². The minimum Gasteiger partial charge on any atom is -0.237 e. The fraction of sp³-hybridized carbons (Fsp3) is 0. The number of fused-ring (bicyclic) bond motifs is 1. The van der Waals surface area contributed by atoms with Crippen LogP contribution in [-0.4, -0.2) is 9.97 Å². The lowest BCUT2D eigenvalue weighted by atomic mass is 10.3. The Morgan fingerprint density at radius 1 is 1.20 bits per heavy atom. The monoisotopic (exact) mass is 129 g/mol. The molecule has 0 bridgehead atoms. The van der Waals surface area contributed by atoms with Crippen LogP contribution in [0, 0.1) is 6.07 Å². The van der Waals surface area contributed by atoms with Gasteiger partial charge in [-0.1, -0.05) is 0 Å². The Hall–Kier alpha value is -1.44. The SMILES string of the molecule is [c]1ccnc2ncccc12. The molecule has 0 spiro atoms. The third-order valence-electron chi connectivity index (χ3n) is 1.30. The van der Waals surface area contributed by atoms with E-state index in [0.29, 0.717) is 0 Å². The highest BCUT2D eigenvalue weighted by Crippen LogP contribution is 2.03. The topological polar surface area (TPSA) is 25.8 Å². The number of aromatic nitrogens is 2. The van der Waals surface area contributed by atoms with Crippen LogP contribution in [0.15, 0.2) is 30.6 Å². The maximum Gasteiger partial charge on any atom is 0.159 e. The standard InChI is InChI=1S/C8H5N2/c1-3-7-4-2-6-10-8(7)9-5-1/h1-3,5-6H. The average Bonchev–Trinajstić information content (AvgIpc) is 2.05. The van der Waals surface area contributed by atoms with Crippen molar-refractivity contribution >= 4 is 11.0 Å². The first-order valence-electron chi connectivity index (χ1n) is 3.04. The molecule has 0 saturated heterocycles. The molecule has 0 N–H and O–H groups in total. The van der Waals surface area contributed by atoms with Gasteiger partial charge in [-0.2, -0.15) is 0 Å². The van der Waals surface area contributed by atoms with E-state index in [9.17, 15) is 0 Å². The zero-order chi connectivity index (χ0) is 6.81. The van der Waals surface area contributed by atoms with Crippen molar-refractivity contribution in [1.29, 1.82) is 0 Å². The summed E-state index contributed by atoms with van der Waals surface area (Å²) in [4.78, 5) is 8.08. The van der Waals surface area contributed by atoms with Crippen molar-refractivity contribution in [3.05, 3.63) is 36.7 Å². The molecule has 0 atom stereocenters. The summed E-state index contributed by atoms with van der Waals surface area (Å²) >= 11 is 0. The summed E-state index contributed by atoms with van der Waals surface area (Å²) in [6, 6.07) is 8.62. The Balaban J connectivity index is 2.89. The van der Waals surface area contributed by atoms with Crippen LogP contribution in [0.4, 0.5) is 0 Å². The number of hydrogen-bond donors (Lipinski definition) is 0. The normalized spacial score (nSPS) is 10.0. The molecule has 2 aromatic rings. The molecule has 2 rings (SSSR count). The first-order valence-corrected chi connectivity index (χ1v) is 3.04. The Bertz CT molecular complexity index is 278. The molecular formula is C8H5N2. The van der Waals surface area contributed by atoms with Crippen LogP contribution in [0.5, 0.6) is 0 Å². The Kier molecular flexibility index (Phi) is 1.10. The molecule has 0 aliphatic heterocycles. The molecule has 2 aromatic heterocycles. The van der Waals surface area contributed by atoms with Gasteiger partial charge in [-0.05, 0) is 24.3 Å². The van der Waals surface area contributed by atoms with Crippen molar-refractivity contribution in [2.24, 2.45) is 0 Å². The molecule has 0 amide bonds. The molecule has 2 heteroatoms. The summed E-state index contributed by atoms with van der Waals surface area (Å²) in [7, 11) is 0. The largest absolute Gasteiger partial charge is 0.237 e. The quantitative estimate of drug-likeness (QED) is 0.537. The molecule has 0 fully saturated rings. The molecule has 0 aliphatic rings. The fourth-order valence-electron chi connectivity index (χ4n) is 0.847. The summed E-state index contributed by atoms with van der Waals surface area (Å²) < 4.78 is 0. The van der Waals surface area contributed by atoms with E-state index in [1.165, 1.54) is 0 Å². The van der Waals surface area contributed by atoms with Gasteiger partial charge >= 0.3 is 0 Å². The number of pyridine rings is 2. The van der Waals surface area contributed by atoms with E-state index in [4.69, 9.17) is 0 Å². The molecule has 0 unspecified atom stereocenters. The van der Waals surface area contributed by atoms with Gasteiger partial charge in [-0.15, -0.1) is 0 Å². The predicted molar refractivity (Wildman–Crippen MR) is 38.4 cm³/mol. The fourth-order valence-corrected chi connectivity index (χ4v) is 0.847. The maximum absolute atomic E-state index is 4.04. The summed E-state index contributed by atoms with van der Waals surface area (Å²) in [5, 5.41) is 0.963. The van der Waals surface area contributed by atoms with Crippen molar-refractivity contribution in [3.8, 4) is 0 Å². The third kappa shape index (κ3) is 0.739. The van der Waals surface area contributed by atoms with Crippen LogP contribution in [0.25, 0.3) is 11.0 Å². The Morgan fingerprint density at radius 2 is 2.10 bits per heavy atom. The summed E-state index contributed by atoms with van der Waals surface area (Å²) in [6.45, 7) is 0. The van der Waals surface area contributed by atoms with Crippen LogP contribution < -0.4 is 0 Å². The van der Waals surface area contributed by atoms with Gasteiger partial charge in [0.25, 0.3) is 0 Å². The number of rotatable bonds is 0. The smallest absolute Gasteiger partial charge is 0.159 e. The Labute approximate surface area is 58.6 Å². The lowest BCUT2D eigenvalue weighted by molar-refractivity contribution is 1.29. The van der Waals surface area contributed by atoms with Gasteiger partial charge < -0.3 is 0 Å². The van der Waals surface area contributed by atoms with Gasteiger partial charge in [0, 0.05) is 17.8 Å². The summed E-state index contributed by atoms with van der Waals surface area (Å²) in [6.07, 6.45) is 3.42. The molecular weight excluding hydrogens is 124 g/mol. The van der Waals surface area contributed by atoms with Gasteiger partial charge in [0.2, 0.25) is 0 Å².